The number of carbonyl (C=O) groups is 1. The van der Waals surface area contributed by atoms with E-state index < -0.39 is 5.79 Å². The summed E-state index contributed by atoms with van der Waals surface area (Å²) in [6.45, 7) is 6.41. The van der Waals surface area contributed by atoms with E-state index in [1.807, 2.05) is 13.8 Å². The van der Waals surface area contributed by atoms with Crippen molar-refractivity contribution in [1.82, 2.24) is 0 Å². The minimum Gasteiger partial charge on any atom is -0.465 e. The summed E-state index contributed by atoms with van der Waals surface area (Å²) in [4.78, 5) is 11.9. The van der Waals surface area contributed by atoms with Crippen LogP contribution in [0.15, 0.2) is 0 Å². The molecule has 1 saturated heterocycles. The lowest BCUT2D eigenvalue weighted by atomic mass is 10.1. The lowest BCUT2D eigenvalue weighted by Crippen LogP contribution is -2.28. The summed E-state index contributed by atoms with van der Waals surface area (Å²) in [6, 6.07) is 0. The summed E-state index contributed by atoms with van der Waals surface area (Å²) in [5.74, 6) is -0.559. The Bertz CT molecular complexity index is 382. The van der Waals surface area contributed by atoms with Crippen LogP contribution in [0.5, 0.6) is 0 Å². The lowest BCUT2D eigenvalue weighted by molar-refractivity contribution is -0.166. The summed E-state index contributed by atoms with van der Waals surface area (Å²) in [6.07, 6.45) is 6.73. The Kier molecular flexibility index (Phi) is 6.86. The van der Waals surface area contributed by atoms with E-state index in [-0.39, 0.29) is 36.6 Å². The predicted octanol–water partition coefficient (Wildman–Crippen LogP) is 3.04. The third-order valence-corrected chi connectivity index (χ3v) is 4.88. The van der Waals surface area contributed by atoms with Crippen molar-refractivity contribution in [2.75, 3.05) is 13.2 Å². The van der Waals surface area contributed by atoms with E-state index in [1.165, 1.54) is 19.3 Å². The highest BCUT2D eigenvalue weighted by molar-refractivity contribution is 5.69. The Morgan fingerprint density at radius 2 is 1.78 bits per heavy atom. The van der Waals surface area contributed by atoms with E-state index in [9.17, 15) is 9.90 Å². The quantitative estimate of drug-likeness (QED) is 0.520. The third-order valence-electron chi connectivity index (χ3n) is 4.88. The maximum Gasteiger partial charge on any atom is 0.305 e. The van der Waals surface area contributed by atoms with Crippen molar-refractivity contribution in [3.63, 3.8) is 0 Å². The van der Waals surface area contributed by atoms with Gasteiger partial charge in [-0.2, -0.15) is 0 Å². The molecule has 1 N–H and O–H groups in total. The number of esters is 1. The van der Waals surface area contributed by atoms with E-state index in [0.717, 1.165) is 19.3 Å². The molecule has 5 heteroatoms. The first-order valence-corrected chi connectivity index (χ1v) is 9.09. The number of ether oxygens (including phenoxy) is 3. The van der Waals surface area contributed by atoms with E-state index in [0.29, 0.717) is 13.0 Å². The number of hydrogen-bond donors (Lipinski definition) is 1. The molecular formula is C18H32O5. The largest absolute Gasteiger partial charge is 0.465 e. The van der Waals surface area contributed by atoms with Gasteiger partial charge in [0.05, 0.1) is 18.8 Å². The normalized spacial score (nSPS) is 32.0. The molecule has 134 valence electrons. The highest BCUT2D eigenvalue weighted by atomic mass is 16.8. The number of rotatable bonds is 9. The van der Waals surface area contributed by atoms with E-state index in [4.69, 9.17) is 14.2 Å². The second-order valence-electron chi connectivity index (χ2n) is 7.35. The first kappa shape index (κ1) is 18.7. The monoisotopic (exact) mass is 328 g/mol. The van der Waals surface area contributed by atoms with Crippen LogP contribution in [-0.4, -0.2) is 42.3 Å². The van der Waals surface area contributed by atoms with Gasteiger partial charge in [0.1, 0.15) is 0 Å². The van der Waals surface area contributed by atoms with Crippen LogP contribution in [0, 0.1) is 11.8 Å². The molecular weight excluding hydrogens is 296 g/mol. The average molecular weight is 328 g/mol. The molecule has 0 unspecified atom stereocenters. The number of aliphatic hydroxyl groups excluding tert-OH is 1. The second kappa shape index (κ2) is 8.45. The minimum absolute atomic E-state index is 0.0690. The van der Waals surface area contributed by atoms with E-state index >= 15 is 0 Å². The number of hydrogen-bond acceptors (Lipinski definition) is 5. The summed E-state index contributed by atoms with van der Waals surface area (Å²) >= 11 is 0. The van der Waals surface area contributed by atoms with E-state index in [2.05, 4.69) is 6.92 Å². The fraction of sp³-hybridized carbons (Fsp3) is 0.944. The summed E-state index contributed by atoms with van der Waals surface area (Å²) < 4.78 is 17.3. The van der Waals surface area contributed by atoms with Crippen LogP contribution in [-0.2, 0) is 19.0 Å². The summed E-state index contributed by atoms with van der Waals surface area (Å²) in [7, 11) is 0. The molecule has 1 aliphatic carbocycles. The van der Waals surface area contributed by atoms with Gasteiger partial charge < -0.3 is 19.3 Å². The smallest absolute Gasteiger partial charge is 0.305 e. The molecule has 0 aromatic carbocycles. The molecule has 2 aliphatic rings. The fourth-order valence-corrected chi connectivity index (χ4v) is 3.69. The maximum absolute atomic E-state index is 11.9. The van der Waals surface area contributed by atoms with Crippen molar-refractivity contribution in [3.8, 4) is 0 Å². The highest BCUT2D eigenvalue weighted by Crippen LogP contribution is 2.44. The summed E-state index contributed by atoms with van der Waals surface area (Å²) in [5.41, 5.74) is 0. The first-order valence-electron chi connectivity index (χ1n) is 9.09. The molecule has 0 aromatic heterocycles. The number of unbranched alkanes of at least 4 members (excludes halogenated alkanes) is 4. The van der Waals surface area contributed by atoms with Gasteiger partial charge in [-0.05, 0) is 26.7 Å². The minimum atomic E-state index is -0.620. The number of aliphatic hydroxyl groups is 1. The van der Waals surface area contributed by atoms with Gasteiger partial charge in [0, 0.05) is 24.9 Å². The van der Waals surface area contributed by atoms with Crippen LogP contribution >= 0.6 is 0 Å². The Labute approximate surface area is 139 Å². The summed E-state index contributed by atoms with van der Waals surface area (Å²) in [5, 5.41) is 9.52. The molecule has 2 rings (SSSR count). The molecule has 1 saturated carbocycles. The van der Waals surface area contributed by atoms with Gasteiger partial charge in [-0.1, -0.05) is 32.6 Å². The van der Waals surface area contributed by atoms with Crippen molar-refractivity contribution < 1.29 is 24.1 Å². The van der Waals surface area contributed by atoms with Crippen LogP contribution in [0.4, 0.5) is 0 Å². The SMILES string of the molecule is CCCCCCCC(=O)OC[C@@H]1C[C@H](CO)[C@H]2OC(C)(C)O[C@@H]12. The van der Waals surface area contributed by atoms with Crippen molar-refractivity contribution in [1.29, 1.82) is 0 Å². The molecule has 5 nitrogen and oxygen atoms in total. The van der Waals surface area contributed by atoms with Crippen LogP contribution in [0.25, 0.3) is 0 Å². The molecule has 23 heavy (non-hydrogen) atoms. The second-order valence-corrected chi connectivity index (χ2v) is 7.35. The van der Waals surface area contributed by atoms with E-state index in [1.54, 1.807) is 0 Å². The fourth-order valence-electron chi connectivity index (χ4n) is 3.69. The number of carbonyl (C=O) groups excluding carboxylic acids is 1. The van der Waals surface area contributed by atoms with Crippen molar-refractivity contribution in [2.24, 2.45) is 11.8 Å². The standard InChI is InChI=1S/C18H32O5/c1-4-5-6-7-8-9-15(20)21-12-14-10-13(11-19)16-17(14)23-18(2,3)22-16/h13-14,16-17,19H,4-12H2,1-3H3/t13-,14+,16-,17+/m1/s1. The van der Waals surface area contributed by atoms with Crippen LogP contribution in [0.3, 0.4) is 0 Å². The molecule has 1 aliphatic heterocycles. The van der Waals surface area contributed by atoms with Crippen LogP contribution in [0.1, 0.15) is 65.7 Å². The molecule has 0 bridgehead atoms. The van der Waals surface area contributed by atoms with Gasteiger partial charge in [0.25, 0.3) is 0 Å². The van der Waals surface area contributed by atoms with Gasteiger partial charge in [0.15, 0.2) is 5.79 Å². The zero-order valence-corrected chi connectivity index (χ0v) is 14.8. The lowest BCUT2D eigenvalue weighted by Gasteiger charge is -2.22. The zero-order valence-electron chi connectivity index (χ0n) is 14.8. The Balaban J connectivity index is 1.72. The highest BCUT2D eigenvalue weighted by Gasteiger charge is 2.53. The average Bonchev–Trinajstić information content (AvgIpc) is 2.98. The Morgan fingerprint density at radius 1 is 1.13 bits per heavy atom. The molecule has 4 atom stereocenters. The van der Waals surface area contributed by atoms with Crippen molar-refractivity contribution in [2.45, 2.75) is 83.7 Å². The van der Waals surface area contributed by atoms with Gasteiger partial charge in [0.2, 0.25) is 0 Å². The maximum atomic E-state index is 11.9. The van der Waals surface area contributed by atoms with Crippen LogP contribution < -0.4 is 0 Å². The molecule has 0 radical (unpaired) electrons. The van der Waals surface area contributed by atoms with Crippen molar-refractivity contribution in [3.05, 3.63) is 0 Å². The first-order chi connectivity index (χ1) is 11.0. The van der Waals surface area contributed by atoms with Gasteiger partial charge in [-0.15, -0.1) is 0 Å². The zero-order chi connectivity index (χ0) is 16.9. The molecule has 0 aromatic rings. The molecule has 0 amide bonds. The Hall–Kier alpha value is -0.650. The van der Waals surface area contributed by atoms with Crippen LogP contribution in [0.2, 0.25) is 0 Å². The number of fused-ring (bicyclic) bond motifs is 1. The molecule has 1 heterocycles. The topological polar surface area (TPSA) is 65.0 Å². The van der Waals surface area contributed by atoms with Gasteiger partial charge in [-0.3, -0.25) is 4.79 Å². The van der Waals surface area contributed by atoms with Gasteiger partial charge >= 0.3 is 5.97 Å². The third kappa shape index (κ3) is 5.16. The predicted molar refractivity (Wildman–Crippen MR) is 86.8 cm³/mol. The van der Waals surface area contributed by atoms with Crippen molar-refractivity contribution >= 4 is 5.97 Å². The Morgan fingerprint density at radius 3 is 2.43 bits per heavy atom. The molecule has 0 spiro atoms. The molecule has 2 fully saturated rings. The van der Waals surface area contributed by atoms with Gasteiger partial charge in [-0.25, -0.2) is 0 Å².